The highest BCUT2D eigenvalue weighted by atomic mass is 16.5. The number of methoxy groups -OCH3 is 1. The molecule has 0 aliphatic carbocycles. The summed E-state index contributed by atoms with van der Waals surface area (Å²) in [6.07, 6.45) is 25.7. The lowest BCUT2D eigenvalue weighted by molar-refractivity contribution is -0.146. The first-order chi connectivity index (χ1) is 20.7. The van der Waals surface area contributed by atoms with E-state index in [4.69, 9.17) is 4.74 Å². The molecule has 0 heterocycles. The largest absolute Gasteiger partial charge is 0.467 e. The standard InChI is InChI=1S/C37H68N2O4/c1-8-10-12-14-16-18-20-22-24-26-32(27-25-23-21-19-17-15-13-11-9-2)35(40)38-33(28-30(3)4)36(41)39-34(29-31(5)6)37(42)43-7/h8-9,30-34H,1-2,10-29H2,3-7H3,(H,38,40)(H,39,41)/t33-,34-/m0/s1. The lowest BCUT2D eigenvalue weighted by Gasteiger charge is -2.26. The van der Waals surface area contributed by atoms with E-state index in [-0.39, 0.29) is 29.6 Å². The Morgan fingerprint density at radius 2 is 0.953 bits per heavy atom. The number of rotatable bonds is 29. The minimum atomic E-state index is -0.714. The molecule has 6 heteroatoms. The molecule has 0 aromatic carbocycles. The molecule has 2 atom stereocenters. The van der Waals surface area contributed by atoms with Gasteiger partial charge in [0.05, 0.1) is 7.11 Å². The summed E-state index contributed by atoms with van der Waals surface area (Å²) in [6.45, 7) is 15.7. The summed E-state index contributed by atoms with van der Waals surface area (Å²) in [5.41, 5.74) is 0. The van der Waals surface area contributed by atoms with Crippen LogP contribution in [-0.4, -0.2) is 37.0 Å². The summed E-state index contributed by atoms with van der Waals surface area (Å²) < 4.78 is 4.94. The zero-order chi connectivity index (χ0) is 32.3. The fraction of sp³-hybridized carbons (Fsp3) is 0.811. The maximum absolute atomic E-state index is 13.6. The van der Waals surface area contributed by atoms with E-state index in [1.54, 1.807) is 0 Å². The van der Waals surface area contributed by atoms with Gasteiger partial charge in [0.25, 0.3) is 0 Å². The molecule has 0 saturated heterocycles. The highest BCUT2D eigenvalue weighted by molar-refractivity contribution is 5.91. The quantitative estimate of drug-likeness (QED) is 0.0506. The SMILES string of the molecule is C=CCCCCCCCCCC(CCCCCCCCCC=C)C(=O)N[C@@H](CC(C)C)C(=O)N[C@@H](CC(C)C)C(=O)OC. The molecular formula is C37H68N2O4. The molecule has 0 saturated carbocycles. The van der Waals surface area contributed by atoms with Crippen LogP contribution in [0.3, 0.4) is 0 Å². The second-order valence-electron chi connectivity index (χ2n) is 13.3. The van der Waals surface area contributed by atoms with Crippen LogP contribution in [0.5, 0.6) is 0 Å². The van der Waals surface area contributed by atoms with Crippen LogP contribution in [0.1, 0.15) is 156 Å². The van der Waals surface area contributed by atoms with Crippen LogP contribution in [0, 0.1) is 17.8 Å². The molecule has 0 aromatic rings. The Kier molecular flexibility index (Phi) is 26.1. The van der Waals surface area contributed by atoms with Crippen LogP contribution in [0.25, 0.3) is 0 Å². The predicted octanol–water partition coefficient (Wildman–Crippen LogP) is 9.23. The molecule has 0 radical (unpaired) electrons. The van der Waals surface area contributed by atoms with Crippen LogP contribution < -0.4 is 10.6 Å². The second kappa shape index (κ2) is 27.4. The third-order valence-corrected chi connectivity index (χ3v) is 8.14. The van der Waals surface area contributed by atoms with E-state index in [0.29, 0.717) is 12.8 Å². The summed E-state index contributed by atoms with van der Waals surface area (Å²) in [5, 5.41) is 5.98. The average molecular weight is 605 g/mol. The van der Waals surface area contributed by atoms with Gasteiger partial charge in [0, 0.05) is 5.92 Å². The maximum Gasteiger partial charge on any atom is 0.328 e. The lowest BCUT2D eigenvalue weighted by atomic mass is 9.92. The first-order valence-corrected chi connectivity index (χ1v) is 17.6. The minimum Gasteiger partial charge on any atom is -0.467 e. The molecule has 0 spiro atoms. The van der Waals surface area contributed by atoms with Crippen LogP contribution in [0.4, 0.5) is 0 Å². The first-order valence-electron chi connectivity index (χ1n) is 17.6. The van der Waals surface area contributed by atoms with Crippen molar-refractivity contribution in [1.29, 1.82) is 0 Å². The molecule has 2 N–H and O–H groups in total. The number of hydrogen-bond acceptors (Lipinski definition) is 4. The fourth-order valence-corrected chi connectivity index (χ4v) is 5.63. The van der Waals surface area contributed by atoms with Crippen LogP contribution in [0.2, 0.25) is 0 Å². The van der Waals surface area contributed by atoms with Gasteiger partial charge in [0.1, 0.15) is 12.1 Å². The first kappa shape index (κ1) is 40.9. The number of amides is 2. The van der Waals surface area contributed by atoms with Gasteiger partial charge in [-0.1, -0.05) is 117 Å². The molecular weight excluding hydrogens is 536 g/mol. The Morgan fingerprint density at radius 1 is 0.581 bits per heavy atom. The molecule has 0 fully saturated rings. The number of allylic oxidation sites excluding steroid dienone is 2. The van der Waals surface area contributed by atoms with Crippen LogP contribution in [0.15, 0.2) is 25.3 Å². The third kappa shape index (κ3) is 23.0. The van der Waals surface area contributed by atoms with Crippen molar-refractivity contribution >= 4 is 17.8 Å². The van der Waals surface area contributed by atoms with Crippen molar-refractivity contribution in [2.24, 2.45) is 17.8 Å². The molecule has 0 aliphatic heterocycles. The van der Waals surface area contributed by atoms with Crippen molar-refractivity contribution in [1.82, 2.24) is 10.6 Å². The predicted molar refractivity (Wildman–Crippen MR) is 182 cm³/mol. The van der Waals surface area contributed by atoms with Gasteiger partial charge in [-0.2, -0.15) is 0 Å². The highest BCUT2D eigenvalue weighted by Gasteiger charge is 2.30. The van der Waals surface area contributed by atoms with Crippen molar-refractivity contribution < 1.29 is 19.1 Å². The smallest absolute Gasteiger partial charge is 0.328 e. The second-order valence-corrected chi connectivity index (χ2v) is 13.3. The van der Waals surface area contributed by atoms with Crippen LogP contribution >= 0.6 is 0 Å². The van der Waals surface area contributed by atoms with E-state index >= 15 is 0 Å². The number of carbonyl (C=O) groups is 3. The van der Waals surface area contributed by atoms with Gasteiger partial charge in [-0.3, -0.25) is 9.59 Å². The van der Waals surface area contributed by atoms with Gasteiger partial charge >= 0.3 is 5.97 Å². The molecule has 2 amide bonds. The summed E-state index contributed by atoms with van der Waals surface area (Å²) in [5.74, 6) is -0.427. The Hall–Kier alpha value is -2.11. The van der Waals surface area contributed by atoms with E-state index in [1.807, 2.05) is 39.8 Å². The number of carbonyl (C=O) groups excluding carboxylic acids is 3. The molecule has 0 rings (SSSR count). The van der Waals surface area contributed by atoms with Crippen molar-refractivity contribution in [2.45, 2.75) is 168 Å². The normalized spacial score (nSPS) is 12.7. The van der Waals surface area contributed by atoms with Crippen molar-refractivity contribution in [2.75, 3.05) is 7.11 Å². The van der Waals surface area contributed by atoms with Crippen molar-refractivity contribution in [3.05, 3.63) is 25.3 Å². The fourth-order valence-electron chi connectivity index (χ4n) is 5.63. The summed E-state index contributed by atoms with van der Waals surface area (Å²) >= 11 is 0. The topological polar surface area (TPSA) is 84.5 Å². The zero-order valence-electron chi connectivity index (χ0n) is 28.7. The average Bonchev–Trinajstić information content (AvgIpc) is 2.96. The Balaban J connectivity index is 5.14. The van der Waals surface area contributed by atoms with E-state index in [9.17, 15) is 14.4 Å². The molecule has 43 heavy (non-hydrogen) atoms. The number of unbranched alkanes of at least 4 members (excludes halogenated alkanes) is 14. The highest BCUT2D eigenvalue weighted by Crippen LogP contribution is 2.21. The Morgan fingerprint density at radius 3 is 1.35 bits per heavy atom. The molecule has 0 unspecified atom stereocenters. The molecule has 0 bridgehead atoms. The van der Waals surface area contributed by atoms with Crippen molar-refractivity contribution in [3.8, 4) is 0 Å². The number of nitrogens with one attached hydrogen (secondary N) is 2. The van der Waals surface area contributed by atoms with Crippen molar-refractivity contribution in [3.63, 3.8) is 0 Å². The molecule has 250 valence electrons. The summed E-state index contributed by atoms with van der Waals surface area (Å²) in [6, 6.07) is -1.38. The Bertz CT molecular complexity index is 723. The number of esters is 1. The van der Waals surface area contributed by atoms with E-state index in [1.165, 1.54) is 71.3 Å². The van der Waals surface area contributed by atoms with Gasteiger partial charge in [-0.15, -0.1) is 13.2 Å². The number of ether oxygens (including phenoxy) is 1. The number of hydrogen-bond donors (Lipinski definition) is 2. The van der Waals surface area contributed by atoms with E-state index in [0.717, 1.165) is 51.4 Å². The monoisotopic (exact) mass is 605 g/mol. The molecule has 0 aliphatic rings. The van der Waals surface area contributed by atoms with Gasteiger partial charge in [0.15, 0.2) is 0 Å². The molecule has 6 nitrogen and oxygen atoms in total. The van der Waals surface area contributed by atoms with E-state index < -0.39 is 18.1 Å². The molecule has 0 aromatic heterocycles. The van der Waals surface area contributed by atoms with Gasteiger partial charge in [0.2, 0.25) is 11.8 Å². The van der Waals surface area contributed by atoms with Gasteiger partial charge < -0.3 is 15.4 Å². The third-order valence-electron chi connectivity index (χ3n) is 8.14. The maximum atomic E-state index is 13.6. The Labute approximate surface area is 265 Å². The van der Waals surface area contributed by atoms with E-state index in [2.05, 4.69) is 23.8 Å². The van der Waals surface area contributed by atoms with Gasteiger partial charge in [-0.05, 0) is 63.2 Å². The van der Waals surface area contributed by atoms with Gasteiger partial charge in [-0.25, -0.2) is 4.79 Å². The lowest BCUT2D eigenvalue weighted by Crippen LogP contribution is -2.53. The van der Waals surface area contributed by atoms with Crippen LogP contribution in [-0.2, 0) is 19.1 Å². The summed E-state index contributed by atoms with van der Waals surface area (Å²) in [7, 11) is 1.34. The summed E-state index contributed by atoms with van der Waals surface area (Å²) in [4.78, 5) is 39.3. The zero-order valence-corrected chi connectivity index (χ0v) is 28.7. The minimum absolute atomic E-state index is 0.0203.